The van der Waals surface area contributed by atoms with E-state index in [1.165, 1.54) is 23.1 Å². The van der Waals surface area contributed by atoms with E-state index in [1.807, 2.05) is 12.3 Å². The number of thiophene rings is 1. The predicted octanol–water partition coefficient (Wildman–Crippen LogP) is 1.93. The second-order valence-corrected chi connectivity index (χ2v) is 4.08. The number of hydrogen-bond donors (Lipinski definition) is 1. The van der Waals surface area contributed by atoms with Crippen LogP contribution in [0.4, 0.5) is 5.69 Å². The van der Waals surface area contributed by atoms with Gasteiger partial charge < -0.3 is 10.5 Å². The monoisotopic (exact) mass is 200 g/mol. The van der Waals surface area contributed by atoms with Gasteiger partial charge in [-0.2, -0.15) is 5.26 Å². The zero-order chi connectivity index (χ0) is 9.14. The molecular formula is C7H8N2OS2. The molecule has 0 fully saturated rings. The highest BCUT2D eigenvalue weighted by atomic mass is 32.2. The van der Waals surface area contributed by atoms with E-state index in [0.717, 1.165) is 4.21 Å². The first kappa shape index (κ1) is 9.23. The lowest BCUT2D eigenvalue weighted by Crippen LogP contribution is -1.90. The number of nitrogens with zero attached hydrogens (tertiary/aromatic N) is 1. The number of hydrogen-bond acceptors (Lipinski definition) is 5. The quantitative estimate of drug-likeness (QED) is 0.741. The summed E-state index contributed by atoms with van der Waals surface area (Å²) in [6, 6.07) is 2.02. The predicted molar refractivity (Wildman–Crippen MR) is 51.8 cm³/mol. The minimum atomic E-state index is 0.453. The molecule has 3 nitrogen and oxygen atoms in total. The van der Waals surface area contributed by atoms with Gasteiger partial charge in [0.2, 0.25) is 0 Å². The lowest BCUT2D eigenvalue weighted by atomic mass is 10.4. The molecule has 1 aromatic rings. The van der Waals surface area contributed by atoms with Gasteiger partial charge in [0.05, 0.1) is 7.11 Å². The van der Waals surface area contributed by atoms with Crippen LogP contribution in [0, 0.1) is 11.3 Å². The molecular weight excluding hydrogens is 192 g/mol. The lowest BCUT2D eigenvalue weighted by molar-refractivity contribution is 0.410. The number of nitrogens with two attached hydrogens (primary N) is 1. The summed E-state index contributed by atoms with van der Waals surface area (Å²) in [5.41, 5.74) is 6.10. The fraction of sp³-hybridized carbons (Fsp3) is 0.286. The van der Waals surface area contributed by atoms with Gasteiger partial charge in [0.25, 0.3) is 0 Å². The molecule has 2 N–H and O–H groups in total. The molecule has 0 aliphatic heterocycles. The molecule has 0 unspecified atom stereocenters. The molecule has 1 aromatic heterocycles. The number of nitriles is 1. The first-order valence-corrected chi connectivity index (χ1v) is 5.19. The van der Waals surface area contributed by atoms with E-state index in [1.54, 1.807) is 7.11 Å². The summed E-state index contributed by atoms with van der Waals surface area (Å²) in [5, 5.41) is 8.66. The average molecular weight is 200 g/mol. The zero-order valence-electron chi connectivity index (χ0n) is 6.75. The second-order valence-electron chi connectivity index (χ2n) is 1.98. The van der Waals surface area contributed by atoms with Crippen molar-refractivity contribution < 1.29 is 4.74 Å². The van der Waals surface area contributed by atoms with Crippen molar-refractivity contribution in [1.82, 2.24) is 0 Å². The molecule has 0 radical (unpaired) electrons. The van der Waals surface area contributed by atoms with Crippen molar-refractivity contribution in [2.24, 2.45) is 0 Å². The standard InChI is InChI=1S/C7H8N2OS2/c1-10-6-5(9)4(3-8)12-7(6)11-2/h9H2,1-2H3. The van der Waals surface area contributed by atoms with Gasteiger partial charge in [-0.3, -0.25) is 0 Å². The maximum atomic E-state index is 8.66. The van der Waals surface area contributed by atoms with Gasteiger partial charge in [-0.05, 0) is 6.26 Å². The minimum Gasteiger partial charge on any atom is -0.492 e. The molecule has 64 valence electrons. The van der Waals surface area contributed by atoms with Crippen LogP contribution in [0.1, 0.15) is 4.88 Å². The van der Waals surface area contributed by atoms with Gasteiger partial charge in [0.1, 0.15) is 20.8 Å². The first-order valence-electron chi connectivity index (χ1n) is 3.15. The van der Waals surface area contributed by atoms with Gasteiger partial charge in [-0.15, -0.1) is 23.1 Å². The lowest BCUT2D eigenvalue weighted by Gasteiger charge is -1.99. The number of thioether (sulfide) groups is 1. The van der Waals surface area contributed by atoms with Crippen LogP contribution < -0.4 is 10.5 Å². The van der Waals surface area contributed by atoms with Crippen molar-refractivity contribution in [3.05, 3.63) is 4.88 Å². The van der Waals surface area contributed by atoms with Crippen LogP contribution in [0.3, 0.4) is 0 Å². The Morgan fingerprint density at radius 2 is 2.33 bits per heavy atom. The molecule has 0 spiro atoms. The van der Waals surface area contributed by atoms with Crippen LogP contribution in [0.2, 0.25) is 0 Å². The maximum Gasteiger partial charge on any atom is 0.167 e. The largest absolute Gasteiger partial charge is 0.492 e. The molecule has 1 heterocycles. The van der Waals surface area contributed by atoms with Gasteiger partial charge in [-0.25, -0.2) is 0 Å². The van der Waals surface area contributed by atoms with Crippen molar-refractivity contribution in [3.8, 4) is 11.8 Å². The molecule has 1 rings (SSSR count). The highest BCUT2D eigenvalue weighted by Gasteiger charge is 2.15. The summed E-state index contributed by atoms with van der Waals surface area (Å²) in [6.45, 7) is 0. The Bertz CT molecular complexity index is 327. The minimum absolute atomic E-state index is 0.453. The van der Waals surface area contributed by atoms with Crippen LogP contribution in [-0.2, 0) is 0 Å². The molecule has 0 saturated carbocycles. The SMILES string of the molecule is COc1c(SC)sc(C#N)c1N. The van der Waals surface area contributed by atoms with Gasteiger partial charge in [0, 0.05) is 0 Å². The Morgan fingerprint density at radius 3 is 2.67 bits per heavy atom. The van der Waals surface area contributed by atoms with E-state index in [-0.39, 0.29) is 0 Å². The Morgan fingerprint density at radius 1 is 1.67 bits per heavy atom. The zero-order valence-corrected chi connectivity index (χ0v) is 8.38. The molecule has 0 atom stereocenters. The van der Waals surface area contributed by atoms with Gasteiger partial charge >= 0.3 is 0 Å². The fourth-order valence-corrected chi connectivity index (χ4v) is 2.50. The van der Waals surface area contributed by atoms with E-state index in [0.29, 0.717) is 16.3 Å². The van der Waals surface area contributed by atoms with Crippen LogP contribution in [-0.4, -0.2) is 13.4 Å². The number of rotatable bonds is 2. The summed E-state index contributed by atoms with van der Waals surface area (Å²) < 4.78 is 6.01. The molecule has 5 heteroatoms. The van der Waals surface area contributed by atoms with Crippen LogP contribution >= 0.6 is 23.1 Å². The van der Waals surface area contributed by atoms with Crippen molar-refractivity contribution in [2.45, 2.75) is 4.21 Å². The molecule has 0 saturated heterocycles. The number of nitrogen functional groups attached to an aromatic ring is 1. The smallest absolute Gasteiger partial charge is 0.167 e. The van der Waals surface area contributed by atoms with E-state index in [4.69, 9.17) is 15.7 Å². The van der Waals surface area contributed by atoms with Crippen LogP contribution in [0.25, 0.3) is 0 Å². The maximum absolute atomic E-state index is 8.66. The summed E-state index contributed by atoms with van der Waals surface area (Å²) in [6.07, 6.45) is 1.93. The third kappa shape index (κ3) is 1.36. The van der Waals surface area contributed by atoms with E-state index < -0.39 is 0 Å². The number of ether oxygens (including phenoxy) is 1. The third-order valence-corrected chi connectivity index (χ3v) is 3.55. The van der Waals surface area contributed by atoms with Crippen molar-refractivity contribution >= 4 is 28.8 Å². The van der Waals surface area contributed by atoms with Crippen molar-refractivity contribution in [2.75, 3.05) is 19.1 Å². The van der Waals surface area contributed by atoms with E-state index in [2.05, 4.69) is 0 Å². The van der Waals surface area contributed by atoms with Crippen molar-refractivity contribution in [1.29, 1.82) is 5.26 Å². The first-order chi connectivity index (χ1) is 5.74. The Hall–Kier alpha value is -0.860. The summed E-state index contributed by atoms with van der Waals surface area (Å²) in [5.74, 6) is 0.629. The highest BCUT2D eigenvalue weighted by molar-refractivity contribution is 8.00. The molecule has 12 heavy (non-hydrogen) atoms. The molecule has 0 aromatic carbocycles. The van der Waals surface area contributed by atoms with E-state index in [9.17, 15) is 0 Å². The summed E-state index contributed by atoms with van der Waals surface area (Å²) in [7, 11) is 1.55. The van der Waals surface area contributed by atoms with Gasteiger partial charge in [-0.1, -0.05) is 0 Å². The Kier molecular flexibility index (Phi) is 2.84. The van der Waals surface area contributed by atoms with Crippen molar-refractivity contribution in [3.63, 3.8) is 0 Å². The van der Waals surface area contributed by atoms with Crippen LogP contribution in [0.5, 0.6) is 5.75 Å². The Balaban J connectivity index is 3.25. The van der Waals surface area contributed by atoms with E-state index >= 15 is 0 Å². The molecule has 0 bridgehead atoms. The molecule has 0 aliphatic carbocycles. The normalized spacial score (nSPS) is 9.42. The second kappa shape index (κ2) is 3.70. The van der Waals surface area contributed by atoms with Gasteiger partial charge in [0.15, 0.2) is 5.75 Å². The number of methoxy groups -OCH3 is 1. The third-order valence-electron chi connectivity index (χ3n) is 1.36. The molecule has 0 aliphatic rings. The molecule has 0 amide bonds. The summed E-state index contributed by atoms with van der Waals surface area (Å²) in [4.78, 5) is 0.524. The summed E-state index contributed by atoms with van der Waals surface area (Å²) >= 11 is 2.90. The highest BCUT2D eigenvalue weighted by Crippen LogP contribution is 2.42. The number of anilines is 1. The van der Waals surface area contributed by atoms with Crippen LogP contribution in [0.15, 0.2) is 4.21 Å². The fourth-order valence-electron chi connectivity index (χ4n) is 0.818. The average Bonchev–Trinajstić information content (AvgIpc) is 2.41. The topological polar surface area (TPSA) is 59.0 Å². The Labute approximate surface area is 79.1 Å².